The number of aromatic nitrogens is 1. The molecule has 0 bridgehead atoms. The maximum Gasteiger partial charge on any atom is 0.256 e. The lowest BCUT2D eigenvalue weighted by molar-refractivity contribution is -0.199. The smallest absolute Gasteiger partial charge is 0.256 e. The molecule has 0 N–H and O–H groups in total. The highest BCUT2D eigenvalue weighted by molar-refractivity contribution is 6.33. The van der Waals surface area contributed by atoms with Crippen molar-refractivity contribution in [1.29, 1.82) is 0 Å². The second-order valence-corrected chi connectivity index (χ2v) is 8.86. The number of halogens is 1. The number of nitrogens with zero attached hydrogens (tertiary/aromatic N) is 3. The van der Waals surface area contributed by atoms with Crippen molar-refractivity contribution in [1.82, 2.24) is 9.88 Å². The lowest BCUT2D eigenvalue weighted by atomic mass is 9.49. The molecule has 144 valence electrons. The third-order valence-electron chi connectivity index (χ3n) is 5.80. The van der Waals surface area contributed by atoms with Gasteiger partial charge in [-0.05, 0) is 24.3 Å². The minimum atomic E-state index is -2.00. The number of rotatable bonds is 3. The van der Waals surface area contributed by atoms with Crippen LogP contribution in [-0.4, -0.2) is 27.9 Å². The number of hydrogen-bond acceptors (Lipinski definition) is 3. The summed E-state index contributed by atoms with van der Waals surface area (Å²) in [7, 11) is 0. The zero-order valence-electron chi connectivity index (χ0n) is 18.2. The predicted octanol–water partition coefficient (Wildman–Crippen LogP) is 5.12. The van der Waals surface area contributed by atoms with Crippen molar-refractivity contribution >= 4 is 23.2 Å². The summed E-state index contributed by atoms with van der Waals surface area (Å²) in [6.45, 7) is 13.0. The van der Waals surface area contributed by atoms with Crippen LogP contribution in [0.1, 0.15) is 46.5 Å². The van der Waals surface area contributed by atoms with Gasteiger partial charge >= 0.3 is 0 Å². The first-order valence-corrected chi connectivity index (χ1v) is 9.44. The molecule has 1 saturated carbocycles. The number of pyridine rings is 1. The Kier molecular flexibility index (Phi) is 3.64. The maximum atomic E-state index is 13.2. The van der Waals surface area contributed by atoms with Crippen LogP contribution < -0.4 is 4.74 Å². The molecule has 0 radical (unpaired) electrons. The van der Waals surface area contributed by atoms with Gasteiger partial charge < -0.3 is 9.64 Å². The summed E-state index contributed by atoms with van der Waals surface area (Å²) in [5.41, 5.74) is -0.262. The first-order valence-electron chi connectivity index (χ1n) is 10.1. The average molecular weight is 398 g/mol. The van der Waals surface area contributed by atoms with Gasteiger partial charge in [0.25, 0.3) is 5.91 Å². The van der Waals surface area contributed by atoms with Gasteiger partial charge in [-0.3, -0.25) is 9.78 Å². The molecule has 28 heavy (non-hydrogen) atoms. The Labute approximate surface area is 172 Å². The first kappa shape index (κ1) is 16.4. The summed E-state index contributed by atoms with van der Waals surface area (Å²) in [4.78, 5) is 22.0. The Bertz CT molecular complexity index is 1080. The second kappa shape index (κ2) is 6.22. The van der Waals surface area contributed by atoms with E-state index in [0.717, 1.165) is 0 Å². The molecule has 2 heterocycles. The first-order chi connectivity index (χ1) is 13.9. The van der Waals surface area contributed by atoms with Gasteiger partial charge in [-0.25, -0.2) is 4.85 Å². The van der Waals surface area contributed by atoms with Crippen LogP contribution in [0.25, 0.3) is 4.85 Å². The van der Waals surface area contributed by atoms with Crippen molar-refractivity contribution in [3.05, 3.63) is 64.2 Å². The van der Waals surface area contributed by atoms with Crippen LogP contribution in [0, 0.1) is 17.4 Å². The maximum absolute atomic E-state index is 13.2. The predicted molar refractivity (Wildman–Crippen MR) is 108 cm³/mol. The van der Waals surface area contributed by atoms with Crippen LogP contribution in [0.15, 0.2) is 36.5 Å². The van der Waals surface area contributed by atoms with E-state index in [-0.39, 0.29) is 17.7 Å². The fourth-order valence-corrected chi connectivity index (χ4v) is 5.22. The zero-order chi connectivity index (χ0) is 22.1. The normalized spacial score (nSPS) is 27.1. The molecule has 0 spiro atoms. The van der Waals surface area contributed by atoms with E-state index in [4.69, 9.17) is 25.7 Å². The van der Waals surface area contributed by atoms with Crippen LogP contribution >= 0.6 is 11.6 Å². The van der Waals surface area contributed by atoms with Crippen molar-refractivity contribution in [2.24, 2.45) is 10.8 Å². The fourth-order valence-electron chi connectivity index (χ4n) is 5.01. The van der Waals surface area contributed by atoms with Crippen molar-refractivity contribution in [3.8, 4) is 5.75 Å². The van der Waals surface area contributed by atoms with Gasteiger partial charge in [0.15, 0.2) is 0 Å². The molecule has 1 aromatic carbocycles. The van der Waals surface area contributed by atoms with Crippen molar-refractivity contribution in [3.63, 3.8) is 0 Å². The van der Waals surface area contributed by atoms with Crippen LogP contribution in [0.3, 0.4) is 0 Å². The SMILES string of the molecule is [2H]C1([2H])c2ncccc2C(=O)N1C1C(C)(C)C(Oc2ccc([N+]#[C-])c(Cl)c2)C1(C)C. The monoisotopic (exact) mass is 397 g/mol. The van der Waals surface area contributed by atoms with Crippen LogP contribution in [-0.2, 0) is 6.50 Å². The molecular weight excluding hydrogens is 374 g/mol. The number of fused-ring (bicyclic) bond motifs is 1. The van der Waals surface area contributed by atoms with Gasteiger partial charge in [-0.1, -0.05) is 45.4 Å². The molecule has 1 amide bonds. The van der Waals surface area contributed by atoms with E-state index in [1.807, 2.05) is 27.7 Å². The van der Waals surface area contributed by atoms with Crippen molar-refractivity contribution < 1.29 is 12.3 Å². The van der Waals surface area contributed by atoms with Gasteiger partial charge in [0.1, 0.15) is 11.9 Å². The molecular formula is C22H22ClN3O2. The summed E-state index contributed by atoms with van der Waals surface area (Å²) in [5, 5.41) is 0.321. The fraction of sp³-hybridized carbons (Fsp3) is 0.409. The van der Waals surface area contributed by atoms with Crippen LogP contribution in [0.5, 0.6) is 5.75 Å². The Morgan fingerprint density at radius 2 is 2.04 bits per heavy atom. The molecule has 1 fully saturated rings. The molecule has 1 aliphatic carbocycles. The van der Waals surface area contributed by atoms with Crippen LogP contribution in [0.2, 0.25) is 5.02 Å². The van der Waals surface area contributed by atoms with E-state index in [1.54, 1.807) is 30.3 Å². The topological polar surface area (TPSA) is 46.8 Å². The summed E-state index contributed by atoms with van der Waals surface area (Å²) in [5.74, 6) is 0.190. The Hall–Kier alpha value is -2.58. The third-order valence-corrected chi connectivity index (χ3v) is 6.10. The molecule has 2 aromatic rings. The molecule has 5 nitrogen and oxygen atoms in total. The molecule has 1 aromatic heterocycles. The molecule has 2 aliphatic rings. The Morgan fingerprint density at radius 1 is 1.32 bits per heavy atom. The van der Waals surface area contributed by atoms with Gasteiger partial charge in [-0.15, -0.1) is 0 Å². The number of carbonyl (C=O) groups is 1. The van der Waals surface area contributed by atoms with E-state index in [1.165, 1.54) is 11.1 Å². The number of ether oxygens (including phenoxy) is 1. The number of benzene rings is 1. The largest absolute Gasteiger partial charge is 0.489 e. The minimum Gasteiger partial charge on any atom is -0.489 e. The van der Waals surface area contributed by atoms with E-state index in [2.05, 4.69) is 9.83 Å². The number of hydrogen-bond donors (Lipinski definition) is 0. The van der Waals surface area contributed by atoms with Gasteiger partial charge in [0.2, 0.25) is 5.69 Å². The van der Waals surface area contributed by atoms with Gasteiger partial charge in [0, 0.05) is 23.1 Å². The van der Waals surface area contributed by atoms with Gasteiger partial charge in [0.05, 0.1) is 32.1 Å². The summed E-state index contributed by atoms with van der Waals surface area (Å²) >= 11 is 6.15. The van der Waals surface area contributed by atoms with Crippen LogP contribution in [0.4, 0.5) is 5.69 Å². The van der Waals surface area contributed by atoms with Crippen molar-refractivity contribution in [2.45, 2.75) is 46.3 Å². The molecule has 0 unspecified atom stereocenters. The molecule has 0 saturated heterocycles. The molecule has 1 aliphatic heterocycles. The molecule has 0 atom stereocenters. The summed E-state index contributed by atoms with van der Waals surface area (Å²) in [6, 6.07) is 7.80. The second-order valence-electron chi connectivity index (χ2n) is 8.45. The highest BCUT2D eigenvalue weighted by Crippen LogP contribution is 2.59. The molecule has 6 heteroatoms. The average Bonchev–Trinajstić information content (AvgIpc) is 2.87. The van der Waals surface area contributed by atoms with Gasteiger partial charge in [-0.2, -0.15) is 0 Å². The Morgan fingerprint density at radius 3 is 2.64 bits per heavy atom. The zero-order valence-corrected chi connectivity index (χ0v) is 16.9. The third kappa shape index (κ3) is 2.59. The molecule has 4 rings (SSSR count). The van der Waals surface area contributed by atoms with E-state index >= 15 is 0 Å². The Balaban J connectivity index is 1.67. The summed E-state index contributed by atoms with van der Waals surface area (Å²) < 4.78 is 23.6. The number of carbonyl (C=O) groups excluding carboxylic acids is 1. The van der Waals surface area contributed by atoms with E-state index in [0.29, 0.717) is 22.0 Å². The lowest BCUT2D eigenvalue weighted by Gasteiger charge is -2.65. The number of amides is 1. The highest BCUT2D eigenvalue weighted by Gasteiger charge is 2.67. The highest BCUT2D eigenvalue weighted by atomic mass is 35.5. The van der Waals surface area contributed by atoms with E-state index < -0.39 is 23.4 Å². The quantitative estimate of drug-likeness (QED) is 0.675. The summed E-state index contributed by atoms with van der Waals surface area (Å²) in [6.07, 6.45) is 1.21. The van der Waals surface area contributed by atoms with Crippen molar-refractivity contribution in [2.75, 3.05) is 0 Å². The van der Waals surface area contributed by atoms with E-state index in [9.17, 15) is 4.79 Å². The minimum absolute atomic E-state index is 0.160. The lowest BCUT2D eigenvalue weighted by Crippen LogP contribution is -2.74. The standard InChI is InChI=1S/C22H22ClN3O2/c1-21(2)19(26-12-17-14(18(26)27)7-6-10-25-17)22(3,4)20(21)28-13-8-9-16(24-5)15(23)11-13/h6-11,19-20H,12H2,1-4H3/i12D2.